The zero-order chi connectivity index (χ0) is 29.2. The number of carbonyl (C=O) groups is 1. The molecule has 0 saturated carbocycles. The van der Waals surface area contributed by atoms with Gasteiger partial charge in [0.2, 0.25) is 0 Å². The Bertz CT molecular complexity index is 1440. The quantitative estimate of drug-likeness (QED) is 0.171. The number of nitrogens with one attached hydrogen (secondary N) is 2. The van der Waals surface area contributed by atoms with E-state index in [4.69, 9.17) is 4.74 Å². The van der Waals surface area contributed by atoms with Gasteiger partial charge in [0.25, 0.3) is 5.91 Å². The molecule has 4 aromatic rings. The smallest absolute Gasteiger partial charge is 0.270 e. The lowest BCUT2D eigenvalue weighted by Gasteiger charge is -2.25. The van der Waals surface area contributed by atoms with Gasteiger partial charge >= 0.3 is 0 Å². The number of hydrogen-bond acceptors (Lipinski definition) is 5. The molecule has 0 bridgehead atoms. The number of rotatable bonds is 14. The van der Waals surface area contributed by atoms with Gasteiger partial charge in [-0.25, -0.2) is 13.8 Å². The van der Waals surface area contributed by atoms with Crippen LogP contribution >= 0.6 is 0 Å². The van der Waals surface area contributed by atoms with Gasteiger partial charge in [0, 0.05) is 30.6 Å². The topological polar surface area (TPSA) is 83.5 Å². The van der Waals surface area contributed by atoms with E-state index in [1.807, 2.05) is 30.3 Å². The van der Waals surface area contributed by atoms with E-state index in [1.165, 1.54) is 17.7 Å². The van der Waals surface area contributed by atoms with Crippen LogP contribution in [0.15, 0.2) is 72.8 Å². The second-order valence-corrected chi connectivity index (χ2v) is 10.2. The Balaban J connectivity index is 1.54. The Morgan fingerprint density at radius 3 is 2.46 bits per heavy atom. The molecule has 0 unspecified atom stereocenters. The summed E-state index contributed by atoms with van der Waals surface area (Å²) in [5.74, 6) is -1.42. The highest BCUT2D eigenvalue weighted by molar-refractivity contribution is 5.97. The molecule has 1 aromatic heterocycles. The zero-order valence-electron chi connectivity index (χ0n) is 23.5. The van der Waals surface area contributed by atoms with Crippen molar-refractivity contribution < 1.29 is 23.4 Å². The van der Waals surface area contributed by atoms with E-state index >= 15 is 0 Å². The van der Waals surface area contributed by atoms with E-state index in [0.29, 0.717) is 30.0 Å². The molecule has 8 heteroatoms. The minimum Gasteiger partial charge on any atom is -0.493 e. The van der Waals surface area contributed by atoms with Crippen LogP contribution in [0.4, 0.5) is 8.78 Å². The molecule has 1 heterocycles. The van der Waals surface area contributed by atoms with Crippen LogP contribution in [0, 0.1) is 11.6 Å². The number of fused-ring (bicyclic) bond motifs is 1. The highest BCUT2D eigenvalue weighted by Crippen LogP contribution is 2.26. The van der Waals surface area contributed by atoms with Crippen LogP contribution in [0.1, 0.15) is 53.9 Å². The Morgan fingerprint density at radius 2 is 1.71 bits per heavy atom. The summed E-state index contributed by atoms with van der Waals surface area (Å²) in [5, 5.41) is 18.0. The Kier molecular flexibility index (Phi) is 10.8. The van der Waals surface area contributed by atoms with Crippen molar-refractivity contribution in [1.82, 2.24) is 15.6 Å². The average molecular weight is 562 g/mol. The first-order valence-corrected chi connectivity index (χ1v) is 14.1. The van der Waals surface area contributed by atoms with Gasteiger partial charge in [-0.2, -0.15) is 0 Å². The molecule has 3 aromatic carbocycles. The highest BCUT2D eigenvalue weighted by atomic mass is 19.1. The fourth-order valence-corrected chi connectivity index (χ4v) is 4.68. The minimum atomic E-state index is -1.06. The first-order chi connectivity index (χ1) is 19.9. The highest BCUT2D eigenvalue weighted by Gasteiger charge is 2.24. The standard InChI is InChI=1S/C33H37F2N3O3/c1-3-5-13-41-32-19-30(37-28-12-7-6-11-27(28)32)33(40)38-29(17-24-15-25(34)18-26(35)16-24)31(39)21-36-20-23-10-8-9-22(4-2)14-23/h6-12,14-16,18-19,29,31,36,39H,3-5,13,17,20-21H2,1-2H3,(H,38,40)/t29-,31+/m0/s1. The van der Waals surface area contributed by atoms with Crippen LogP contribution < -0.4 is 15.4 Å². The summed E-state index contributed by atoms with van der Waals surface area (Å²) in [6.45, 7) is 5.33. The van der Waals surface area contributed by atoms with E-state index < -0.39 is 29.7 Å². The van der Waals surface area contributed by atoms with Gasteiger partial charge in [-0.15, -0.1) is 0 Å². The second-order valence-electron chi connectivity index (χ2n) is 10.2. The molecule has 2 atom stereocenters. The number of hydrogen-bond donors (Lipinski definition) is 3. The Morgan fingerprint density at radius 1 is 0.951 bits per heavy atom. The molecule has 0 radical (unpaired) electrons. The molecule has 0 aliphatic heterocycles. The number of aliphatic hydroxyl groups is 1. The van der Waals surface area contributed by atoms with E-state index in [2.05, 4.69) is 41.6 Å². The van der Waals surface area contributed by atoms with Crippen LogP contribution in [-0.2, 0) is 19.4 Å². The summed E-state index contributed by atoms with van der Waals surface area (Å²) in [7, 11) is 0. The average Bonchev–Trinajstić information content (AvgIpc) is 2.96. The second kappa shape index (κ2) is 14.7. The van der Waals surface area contributed by atoms with Gasteiger partial charge in [-0.3, -0.25) is 4.79 Å². The molecule has 1 amide bonds. The Labute approximate surface area is 239 Å². The number of para-hydroxylation sites is 1. The number of aliphatic hydroxyl groups excluding tert-OH is 1. The van der Waals surface area contributed by atoms with Crippen molar-refractivity contribution in [3.8, 4) is 5.75 Å². The van der Waals surface area contributed by atoms with Crippen molar-refractivity contribution in [2.75, 3.05) is 13.2 Å². The van der Waals surface area contributed by atoms with Crippen molar-refractivity contribution in [3.63, 3.8) is 0 Å². The summed E-state index contributed by atoms with van der Waals surface area (Å²) in [5.41, 5.74) is 3.33. The van der Waals surface area contributed by atoms with Crippen molar-refractivity contribution in [2.24, 2.45) is 0 Å². The number of halogens is 2. The molecule has 0 spiro atoms. The minimum absolute atomic E-state index is 0.0159. The van der Waals surface area contributed by atoms with Crippen molar-refractivity contribution in [3.05, 3.63) is 107 Å². The number of amides is 1. The fourth-order valence-electron chi connectivity index (χ4n) is 4.68. The van der Waals surface area contributed by atoms with Gasteiger partial charge < -0.3 is 20.5 Å². The van der Waals surface area contributed by atoms with Crippen molar-refractivity contribution in [1.29, 1.82) is 0 Å². The largest absolute Gasteiger partial charge is 0.493 e. The number of unbranched alkanes of at least 4 members (excludes halogenated alkanes) is 1. The molecule has 4 rings (SSSR count). The molecule has 0 saturated heterocycles. The summed E-state index contributed by atoms with van der Waals surface area (Å²) in [4.78, 5) is 18.0. The number of aromatic nitrogens is 1. The van der Waals surface area contributed by atoms with Gasteiger partial charge in [-0.1, -0.05) is 56.7 Å². The van der Waals surface area contributed by atoms with Crippen LogP contribution in [0.5, 0.6) is 5.75 Å². The maximum Gasteiger partial charge on any atom is 0.270 e. The molecule has 6 nitrogen and oxygen atoms in total. The SMILES string of the molecule is CCCCOc1cc(C(=O)N[C@@H](Cc2cc(F)cc(F)c2)[C@H](O)CNCc2cccc(CC)c2)nc2ccccc12. The third-order valence-corrected chi connectivity index (χ3v) is 6.91. The molecule has 0 aliphatic carbocycles. The number of benzene rings is 3. The number of carbonyl (C=O) groups excluding carboxylic acids is 1. The molecule has 41 heavy (non-hydrogen) atoms. The van der Waals surface area contributed by atoms with Gasteiger partial charge in [0.1, 0.15) is 23.1 Å². The molecule has 216 valence electrons. The van der Waals surface area contributed by atoms with Crippen LogP contribution in [0.3, 0.4) is 0 Å². The number of aryl methyl sites for hydroxylation is 1. The molecule has 3 N–H and O–H groups in total. The van der Waals surface area contributed by atoms with E-state index in [9.17, 15) is 18.7 Å². The normalized spacial score (nSPS) is 12.7. The summed E-state index contributed by atoms with van der Waals surface area (Å²) < 4.78 is 33.9. The first-order valence-electron chi connectivity index (χ1n) is 14.1. The van der Waals surface area contributed by atoms with Crippen LogP contribution in [0.2, 0.25) is 0 Å². The van der Waals surface area contributed by atoms with E-state index in [0.717, 1.165) is 36.3 Å². The fraction of sp³-hybridized carbons (Fsp3) is 0.333. The van der Waals surface area contributed by atoms with E-state index in [-0.39, 0.29) is 18.7 Å². The maximum atomic E-state index is 14.0. The molecular weight excluding hydrogens is 524 g/mol. The summed E-state index contributed by atoms with van der Waals surface area (Å²) >= 11 is 0. The molecule has 0 fully saturated rings. The van der Waals surface area contributed by atoms with Gasteiger partial charge in [0.05, 0.1) is 24.3 Å². The molecule has 0 aliphatic rings. The lowest BCUT2D eigenvalue weighted by atomic mass is 10.00. The monoisotopic (exact) mass is 561 g/mol. The van der Waals surface area contributed by atoms with E-state index in [1.54, 1.807) is 12.1 Å². The third kappa shape index (κ3) is 8.55. The van der Waals surface area contributed by atoms with Crippen LogP contribution in [-0.4, -0.2) is 41.3 Å². The number of pyridine rings is 1. The predicted molar refractivity (Wildman–Crippen MR) is 157 cm³/mol. The molecular formula is C33H37F2N3O3. The van der Waals surface area contributed by atoms with Crippen LogP contribution in [0.25, 0.3) is 10.9 Å². The number of nitrogens with zero attached hydrogens (tertiary/aromatic N) is 1. The van der Waals surface area contributed by atoms with Gasteiger partial charge in [-0.05, 0) is 60.2 Å². The number of ether oxygens (including phenoxy) is 1. The summed E-state index contributed by atoms with van der Waals surface area (Å²) in [6, 6.07) is 19.5. The lowest BCUT2D eigenvalue weighted by molar-refractivity contribution is 0.0825. The first kappa shape index (κ1) is 30.1. The summed E-state index contributed by atoms with van der Waals surface area (Å²) in [6.07, 6.45) is 1.71. The van der Waals surface area contributed by atoms with Crippen molar-refractivity contribution >= 4 is 16.8 Å². The maximum absolute atomic E-state index is 14.0. The van der Waals surface area contributed by atoms with Gasteiger partial charge in [0.15, 0.2) is 0 Å². The predicted octanol–water partition coefficient (Wildman–Crippen LogP) is 5.75. The lowest BCUT2D eigenvalue weighted by Crippen LogP contribution is -2.48. The zero-order valence-corrected chi connectivity index (χ0v) is 23.5. The third-order valence-electron chi connectivity index (χ3n) is 6.91. The van der Waals surface area contributed by atoms with Crippen molar-refractivity contribution in [2.45, 2.75) is 58.2 Å². The Hall–Kier alpha value is -3.88.